The van der Waals surface area contributed by atoms with Crippen LogP contribution >= 0.6 is 0 Å². The molecule has 0 aromatic heterocycles. The van der Waals surface area contributed by atoms with Crippen molar-refractivity contribution >= 4 is 0 Å². The summed E-state index contributed by atoms with van der Waals surface area (Å²) in [6, 6.07) is 0. The van der Waals surface area contributed by atoms with Gasteiger partial charge in [-0.3, -0.25) is 0 Å². The molecule has 0 aliphatic rings. The van der Waals surface area contributed by atoms with Gasteiger partial charge in [0.15, 0.2) is 0 Å². The normalized spacial score (nSPS) is 6.00. The first-order chi connectivity index (χ1) is 3.46. The molecule has 0 saturated heterocycles. The summed E-state index contributed by atoms with van der Waals surface area (Å²) >= 11 is -8.38. The second-order valence-corrected chi connectivity index (χ2v) is 2.88. The third-order valence-electron chi connectivity index (χ3n) is 0. The summed E-state index contributed by atoms with van der Waals surface area (Å²) in [5.41, 5.74) is 0. The average Bonchev–Trinajstić information content (AvgIpc) is 1.25. The average molecular weight is 376 g/mol. The Labute approximate surface area is 54.8 Å². The van der Waals surface area contributed by atoms with Gasteiger partial charge in [0, 0.05) is 0 Å². The van der Waals surface area contributed by atoms with Gasteiger partial charge in [-0.2, -0.15) is 0 Å². The second-order valence-electron chi connectivity index (χ2n) is 0.408. The first-order valence-electron chi connectivity index (χ1n) is 1.00. The van der Waals surface area contributed by atoms with Crippen LogP contribution in [0.2, 0.25) is 0 Å². The van der Waals surface area contributed by atoms with Gasteiger partial charge >= 0.3 is 54.8 Å². The molecule has 0 aliphatic carbocycles. The molecular formula is MoO6W. The van der Waals surface area contributed by atoms with Crippen LogP contribution in [0.3, 0.4) is 0 Å². The topological polar surface area (TPSA) is 102 Å². The predicted molar refractivity (Wildman–Crippen MR) is 4.12 cm³/mol. The van der Waals surface area contributed by atoms with Crippen LogP contribution in [0.15, 0.2) is 0 Å². The monoisotopic (exact) mass is 378 g/mol. The van der Waals surface area contributed by atoms with Gasteiger partial charge in [0.1, 0.15) is 0 Å². The van der Waals surface area contributed by atoms with E-state index in [1.54, 1.807) is 0 Å². The van der Waals surface area contributed by atoms with Crippen LogP contribution in [0.5, 0.6) is 0 Å². The molecule has 0 bridgehead atoms. The van der Waals surface area contributed by atoms with Crippen molar-refractivity contribution in [2.45, 2.75) is 0 Å². The molecule has 0 aromatic carbocycles. The Morgan fingerprint density at radius 3 is 0.875 bits per heavy atom. The fraction of sp³-hybridized carbons (Fsp3) is 0. The minimum atomic E-state index is -4.28. The SMILES string of the molecule is [O]=[Mo](=[O])=[O].[O]=[W](=[O])=[O]. The van der Waals surface area contributed by atoms with Crippen LogP contribution in [-0.2, 0) is 54.8 Å². The molecule has 6 nitrogen and oxygen atoms in total. The first-order valence-corrected chi connectivity index (χ1v) is 7.05. The summed E-state index contributed by atoms with van der Waals surface area (Å²) in [4.78, 5) is 0. The molecule has 0 fully saturated rings. The Morgan fingerprint density at radius 1 is 0.875 bits per heavy atom. The Bertz CT molecular complexity index is 177. The molecule has 0 amide bonds. The van der Waals surface area contributed by atoms with Crippen molar-refractivity contribution in [2.75, 3.05) is 0 Å². The van der Waals surface area contributed by atoms with Gasteiger partial charge in [0.05, 0.1) is 0 Å². The van der Waals surface area contributed by atoms with Crippen molar-refractivity contribution < 1.29 is 54.8 Å². The molecule has 0 aliphatic heterocycles. The summed E-state index contributed by atoms with van der Waals surface area (Å²) in [7, 11) is 0. The van der Waals surface area contributed by atoms with Crippen LogP contribution < -0.4 is 0 Å². The van der Waals surface area contributed by atoms with Gasteiger partial charge in [0.2, 0.25) is 0 Å². The summed E-state index contributed by atoms with van der Waals surface area (Å²) < 4.78 is 51.6. The van der Waals surface area contributed by atoms with Gasteiger partial charge in [0.25, 0.3) is 0 Å². The Kier molecular flexibility index (Phi) is 9.90. The Morgan fingerprint density at radius 2 is 0.875 bits per heavy atom. The molecule has 0 atom stereocenters. The van der Waals surface area contributed by atoms with Crippen molar-refractivity contribution in [2.24, 2.45) is 0 Å². The Hall–Kier alpha value is 0.177. The molecule has 8 heavy (non-hydrogen) atoms. The van der Waals surface area contributed by atoms with E-state index in [2.05, 4.69) is 0 Å². The quantitative estimate of drug-likeness (QED) is 0.518. The van der Waals surface area contributed by atoms with Gasteiger partial charge in [-0.15, -0.1) is 0 Å². The van der Waals surface area contributed by atoms with Crippen molar-refractivity contribution in [3.63, 3.8) is 0 Å². The number of rotatable bonds is 0. The predicted octanol–water partition coefficient (Wildman–Crippen LogP) is -0.718. The summed E-state index contributed by atoms with van der Waals surface area (Å²) in [6.07, 6.45) is 0. The van der Waals surface area contributed by atoms with E-state index in [9.17, 15) is 0 Å². The molecule has 0 heterocycles. The van der Waals surface area contributed by atoms with E-state index in [1.165, 1.54) is 0 Å². The zero-order chi connectivity index (χ0) is 7.15. The van der Waals surface area contributed by atoms with E-state index < -0.39 is 34.4 Å². The van der Waals surface area contributed by atoms with E-state index >= 15 is 0 Å². The van der Waals surface area contributed by atoms with E-state index in [1.807, 2.05) is 0 Å². The van der Waals surface area contributed by atoms with Crippen LogP contribution in [0.25, 0.3) is 0 Å². The fourth-order valence-electron chi connectivity index (χ4n) is 0. The summed E-state index contributed by atoms with van der Waals surface area (Å²) in [5, 5.41) is 0. The molecule has 0 spiro atoms. The van der Waals surface area contributed by atoms with Crippen LogP contribution in [-0.4, -0.2) is 0 Å². The van der Waals surface area contributed by atoms with Gasteiger partial charge in [-0.05, 0) is 0 Å². The maximum absolute atomic E-state index is 8.61. The first kappa shape index (κ1) is 11.0. The van der Waals surface area contributed by atoms with Crippen molar-refractivity contribution in [1.29, 1.82) is 0 Å². The molecule has 0 rings (SSSR count). The van der Waals surface area contributed by atoms with E-state index in [-0.39, 0.29) is 0 Å². The van der Waals surface area contributed by atoms with E-state index in [4.69, 9.17) is 20.4 Å². The fourth-order valence-corrected chi connectivity index (χ4v) is 0. The summed E-state index contributed by atoms with van der Waals surface area (Å²) in [6.45, 7) is 0. The standard InChI is InChI=1S/Mo.6O.W. The molecule has 0 N–H and O–H groups in total. The second kappa shape index (κ2) is 7.18. The van der Waals surface area contributed by atoms with Crippen molar-refractivity contribution in [1.82, 2.24) is 0 Å². The third kappa shape index (κ3) is 5310. The zero-order valence-corrected chi connectivity index (χ0v) is 8.21. The van der Waals surface area contributed by atoms with Crippen LogP contribution in [0.4, 0.5) is 0 Å². The molecule has 0 saturated carbocycles. The van der Waals surface area contributed by atoms with Crippen molar-refractivity contribution in [3.05, 3.63) is 0 Å². The summed E-state index contributed by atoms with van der Waals surface area (Å²) in [5.74, 6) is 0. The van der Waals surface area contributed by atoms with Crippen LogP contribution in [0, 0.1) is 0 Å². The third-order valence-corrected chi connectivity index (χ3v) is 0. The Balaban J connectivity index is 0. The van der Waals surface area contributed by atoms with Gasteiger partial charge in [-0.1, -0.05) is 0 Å². The maximum atomic E-state index is 8.61. The molecule has 48 valence electrons. The van der Waals surface area contributed by atoms with Gasteiger partial charge < -0.3 is 0 Å². The molecule has 0 unspecified atom stereocenters. The molecular weight excluding hydrogens is 376 g/mol. The van der Waals surface area contributed by atoms with Crippen LogP contribution in [0.1, 0.15) is 0 Å². The van der Waals surface area contributed by atoms with Crippen molar-refractivity contribution in [3.8, 4) is 0 Å². The molecule has 8 heteroatoms. The molecule has 0 radical (unpaired) electrons. The minimum absolute atomic E-state index is 4.11. The molecule has 0 aromatic rings. The van der Waals surface area contributed by atoms with E-state index in [0.29, 0.717) is 0 Å². The number of hydrogen-bond donors (Lipinski definition) is 0. The number of hydrogen-bond acceptors (Lipinski definition) is 6. The van der Waals surface area contributed by atoms with E-state index in [0.717, 1.165) is 0 Å². The van der Waals surface area contributed by atoms with Gasteiger partial charge in [-0.25, -0.2) is 0 Å². The zero-order valence-electron chi connectivity index (χ0n) is 3.27.